The molecule has 2 aromatic rings. The molecule has 1 aromatic heterocycles. The number of hydrogen-bond acceptors (Lipinski definition) is 4. The normalized spacial score (nSPS) is 12.1. The highest BCUT2D eigenvalue weighted by Crippen LogP contribution is 2.29. The fourth-order valence-corrected chi connectivity index (χ4v) is 3.08. The summed E-state index contributed by atoms with van der Waals surface area (Å²) in [6.07, 6.45) is 0. The van der Waals surface area contributed by atoms with E-state index in [-0.39, 0.29) is 17.4 Å². The molecule has 0 fully saturated rings. The van der Waals surface area contributed by atoms with Crippen molar-refractivity contribution in [3.63, 3.8) is 0 Å². The molecule has 0 spiro atoms. The van der Waals surface area contributed by atoms with Crippen LogP contribution < -0.4 is 0 Å². The van der Waals surface area contributed by atoms with Crippen LogP contribution in [0, 0.1) is 5.82 Å². The zero-order valence-electron chi connectivity index (χ0n) is 10.5. The van der Waals surface area contributed by atoms with E-state index in [1.807, 2.05) is 0 Å². The molecule has 0 saturated heterocycles. The topological polar surface area (TPSA) is 64.8 Å². The summed E-state index contributed by atoms with van der Waals surface area (Å²) >= 11 is 3.15. The molecule has 5 nitrogen and oxygen atoms in total. The Morgan fingerprint density at radius 1 is 1.35 bits per heavy atom. The first-order chi connectivity index (χ1) is 9.21. The Bertz CT molecular complexity index is 761. The predicted octanol–water partition coefficient (Wildman–Crippen LogP) is 3.36. The Morgan fingerprint density at radius 2 is 2.00 bits per heavy atom. The Hall–Kier alpha value is -0.990. The maximum absolute atomic E-state index is 14.0. The molecule has 0 unspecified atom stereocenters. The summed E-state index contributed by atoms with van der Waals surface area (Å²) in [6.45, 7) is 3.46. The molecule has 0 N–H and O–H groups in total. The summed E-state index contributed by atoms with van der Waals surface area (Å²) in [5.74, 6) is -0.420. The number of benzene rings is 1. The second-order valence-electron chi connectivity index (χ2n) is 4.33. The van der Waals surface area contributed by atoms with E-state index >= 15 is 0 Å². The van der Waals surface area contributed by atoms with Crippen molar-refractivity contribution in [3.8, 4) is 11.4 Å². The van der Waals surface area contributed by atoms with E-state index in [1.54, 1.807) is 19.9 Å². The smallest absolute Gasteiger partial charge is 0.294 e. The van der Waals surface area contributed by atoms with E-state index in [4.69, 9.17) is 10.7 Å². The summed E-state index contributed by atoms with van der Waals surface area (Å²) in [5, 5.41) is 6.93. The number of rotatable bonds is 3. The van der Waals surface area contributed by atoms with Crippen LogP contribution in [-0.4, -0.2) is 23.2 Å². The van der Waals surface area contributed by atoms with Crippen LogP contribution in [-0.2, 0) is 9.05 Å². The van der Waals surface area contributed by atoms with Crippen LogP contribution in [0.15, 0.2) is 27.8 Å². The zero-order chi connectivity index (χ0) is 15.1. The molecular weight excluding hydrogens is 373 g/mol. The van der Waals surface area contributed by atoms with Gasteiger partial charge in [-0.1, -0.05) is 15.9 Å². The minimum atomic E-state index is -4.06. The Kier molecular flexibility index (Phi) is 4.17. The van der Waals surface area contributed by atoms with E-state index in [2.05, 4.69) is 26.1 Å². The standard InChI is InChI=1S/C11H10BrClFN3O2S/c1-6(2)17-10(15-16-11(17)20(13,18)19)8-4-3-7(12)5-9(8)14/h3-6H,1-2H3. The average Bonchev–Trinajstić information content (AvgIpc) is 2.72. The van der Waals surface area contributed by atoms with Gasteiger partial charge in [0, 0.05) is 21.2 Å². The average molecular weight is 383 g/mol. The first kappa shape index (κ1) is 15.4. The van der Waals surface area contributed by atoms with E-state index in [9.17, 15) is 12.8 Å². The zero-order valence-corrected chi connectivity index (χ0v) is 13.7. The summed E-state index contributed by atoms with van der Waals surface area (Å²) in [7, 11) is 1.26. The van der Waals surface area contributed by atoms with Crippen LogP contribution in [0.2, 0.25) is 0 Å². The second-order valence-corrected chi connectivity index (χ2v) is 7.71. The molecular formula is C11H10BrClFN3O2S. The first-order valence-electron chi connectivity index (χ1n) is 5.57. The minimum absolute atomic E-state index is 0.115. The Balaban J connectivity index is 2.73. The fraction of sp³-hybridized carbons (Fsp3) is 0.273. The van der Waals surface area contributed by atoms with Gasteiger partial charge in [0.1, 0.15) is 5.82 Å². The Morgan fingerprint density at radius 3 is 2.50 bits per heavy atom. The lowest BCUT2D eigenvalue weighted by Gasteiger charge is -2.13. The molecule has 20 heavy (non-hydrogen) atoms. The third-order valence-corrected chi connectivity index (χ3v) is 4.19. The molecule has 108 valence electrons. The molecule has 1 heterocycles. The van der Waals surface area contributed by atoms with Gasteiger partial charge in [-0.05, 0) is 32.0 Å². The molecule has 9 heteroatoms. The highest BCUT2D eigenvalue weighted by Gasteiger charge is 2.26. The third-order valence-electron chi connectivity index (χ3n) is 2.57. The van der Waals surface area contributed by atoms with Gasteiger partial charge in [0.25, 0.3) is 14.2 Å². The SMILES string of the molecule is CC(C)n1c(-c2ccc(Br)cc2F)nnc1S(=O)(=O)Cl. The van der Waals surface area contributed by atoms with Crippen molar-refractivity contribution in [1.82, 2.24) is 14.8 Å². The van der Waals surface area contributed by atoms with Crippen LogP contribution in [0.4, 0.5) is 4.39 Å². The van der Waals surface area contributed by atoms with Gasteiger partial charge in [-0.25, -0.2) is 12.8 Å². The van der Waals surface area contributed by atoms with E-state index in [1.165, 1.54) is 16.7 Å². The number of hydrogen-bond donors (Lipinski definition) is 0. The van der Waals surface area contributed by atoms with Gasteiger partial charge in [-0.3, -0.25) is 4.57 Å². The van der Waals surface area contributed by atoms with Gasteiger partial charge in [0.15, 0.2) is 5.82 Å². The van der Waals surface area contributed by atoms with Crippen molar-refractivity contribution in [3.05, 3.63) is 28.5 Å². The van der Waals surface area contributed by atoms with Crippen LogP contribution in [0.25, 0.3) is 11.4 Å². The largest absolute Gasteiger partial charge is 0.296 e. The van der Waals surface area contributed by atoms with Crippen molar-refractivity contribution in [1.29, 1.82) is 0 Å². The van der Waals surface area contributed by atoms with E-state index < -0.39 is 20.0 Å². The molecule has 0 aliphatic carbocycles. The summed E-state index contributed by atoms with van der Waals surface area (Å²) in [6, 6.07) is 4.09. The maximum Gasteiger partial charge on any atom is 0.296 e. The van der Waals surface area contributed by atoms with Gasteiger partial charge >= 0.3 is 0 Å². The van der Waals surface area contributed by atoms with Gasteiger partial charge in [0.2, 0.25) is 0 Å². The molecule has 0 bridgehead atoms. The molecule has 2 rings (SSSR count). The molecule has 0 saturated carbocycles. The van der Waals surface area contributed by atoms with E-state index in [0.717, 1.165) is 0 Å². The Labute approximate surface area is 128 Å². The van der Waals surface area contributed by atoms with Crippen LogP contribution in [0.5, 0.6) is 0 Å². The quantitative estimate of drug-likeness (QED) is 0.764. The maximum atomic E-state index is 14.0. The van der Waals surface area contributed by atoms with Gasteiger partial charge in [-0.15, -0.1) is 10.2 Å². The predicted molar refractivity (Wildman–Crippen MR) is 76.5 cm³/mol. The van der Waals surface area contributed by atoms with Crippen molar-refractivity contribution in [2.75, 3.05) is 0 Å². The monoisotopic (exact) mass is 381 g/mol. The van der Waals surface area contributed by atoms with Gasteiger partial charge in [0.05, 0.1) is 5.56 Å². The number of nitrogens with zero attached hydrogens (tertiary/aromatic N) is 3. The summed E-state index contributed by atoms with van der Waals surface area (Å²) in [5.41, 5.74) is 0.154. The molecule has 0 atom stereocenters. The number of aromatic nitrogens is 3. The number of halogens is 3. The lowest BCUT2D eigenvalue weighted by atomic mass is 10.2. The lowest BCUT2D eigenvalue weighted by Crippen LogP contribution is -2.10. The van der Waals surface area contributed by atoms with Crippen LogP contribution in [0.3, 0.4) is 0 Å². The van der Waals surface area contributed by atoms with E-state index in [0.29, 0.717) is 4.47 Å². The molecule has 0 aliphatic rings. The summed E-state index contributed by atoms with van der Waals surface area (Å²) < 4.78 is 38.8. The fourth-order valence-electron chi connectivity index (χ4n) is 1.76. The van der Waals surface area contributed by atoms with Crippen molar-refractivity contribution in [2.24, 2.45) is 0 Å². The van der Waals surface area contributed by atoms with Gasteiger partial charge in [-0.2, -0.15) is 0 Å². The van der Waals surface area contributed by atoms with Crippen molar-refractivity contribution in [2.45, 2.75) is 25.0 Å². The first-order valence-corrected chi connectivity index (χ1v) is 8.67. The highest BCUT2D eigenvalue weighted by molar-refractivity contribution is 9.10. The highest BCUT2D eigenvalue weighted by atomic mass is 79.9. The van der Waals surface area contributed by atoms with Crippen molar-refractivity contribution >= 4 is 35.7 Å². The third kappa shape index (κ3) is 2.87. The molecule has 0 amide bonds. The van der Waals surface area contributed by atoms with Crippen LogP contribution in [0.1, 0.15) is 19.9 Å². The lowest BCUT2D eigenvalue weighted by molar-refractivity contribution is 0.528. The molecule has 0 radical (unpaired) electrons. The molecule has 0 aliphatic heterocycles. The minimum Gasteiger partial charge on any atom is -0.294 e. The van der Waals surface area contributed by atoms with Crippen LogP contribution >= 0.6 is 26.6 Å². The van der Waals surface area contributed by atoms with Gasteiger partial charge < -0.3 is 0 Å². The summed E-state index contributed by atoms with van der Waals surface area (Å²) in [4.78, 5) is 0. The van der Waals surface area contributed by atoms with Crippen molar-refractivity contribution < 1.29 is 12.8 Å². The second kappa shape index (κ2) is 5.42. The molecule has 1 aromatic carbocycles.